The van der Waals surface area contributed by atoms with E-state index in [1.165, 1.54) is 0 Å². The minimum Gasteiger partial charge on any atom is -0.388 e. The van der Waals surface area contributed by atoms with Gasteiger partial charge >= 0.3 is 0 Å². The molecule has 0 aliphatic carbocycles. The third-order valence-corrected chi connectivity index (χ3v) is 6.14. The fraction of sp³-hybridized carbons (Fsp3) is 0.944. The number of guanidine groups is 1. The van der Waals surface area contributed by atoms with Crippen LogP contribution in [-0.2, 0) is 4.74 Å². The summed E-state index contributed by atoms with van der Waals surface area (Å²) in [7, 11) is 0. The predicted molar refractivity (Wildman–Crippen MR) is 105 cm³/mol. The summed E-state index contributed by atoms with van der Waals surface area (Å²) in [5.74, 6) is 0.808. The Hall–Kier alpha value is -0.460. The van der Waals surface area contributed by atoms with Crippen molar-refractivity contribution in [3.8, 4) is 0 Å². The van der Waals surface area contributed by atoms with E-state index >= 15 is 0 Å². The van der Waals surface area contributed by atoms with Crippen molar-refractivity contribution in [3.05, 3.63) is 0 Å². The van der Waals surface area contributed by atoms with Crippen molar-refractivity contribution >= 4 is 17.7 Å². The second-order valence-electron chi connectivity index (χ2n) is 6.77. The van der Waals surface area contributed by atoms with E-state index in [-0.39, 0.29) is 4.75 Å². The van der Waals surface area contributed by atoms with Crippen LogP contribution in [0, 0.1) is 0 Å². The highest BCUT2D eigenvalue weighted by Gasteiger charge is 2.32. The van der Waals surface area contributed by atoms with Crippen LogP contribution in [0.25, 0.3) is 0 Å². The van der Waals surface area contributed by atoms with Crippen LogP contribution in [-0.4, -0.2) is 60.5 Å². The topological polar surface area (TPSA) is 65.9 Å². The van der Waals surface area contributed by atoms with E-state index in [1.807, 2.05) is 11.8 Å². The van der Waals surface area contributed by atoms with Gasteiger partial charge in [0.05, 0.1) is 12.1 Å². The standard InChI is InChI=1S/C18H37N3O2S/c1-5-8-17(22,9-6-2)14-20-16(19-7-3)21-15-18(24-4)10-12-23-13-11-18/h22H,5-15H2,1-4H3,(H2,19,20,21). The summed E-state index contributed by atoms with van der Waals surface area (Å²) in [6, 6.07) is 0. The van der Waals surface area contributed by atoms with Crippen molar-refractivity contribution in [1.29, 1.82) is 0 Å². The molecule has 1 rings (SSSR count). The molecule has 0 atom stereocenters. The molecular weight excluding hydrogens is 322 g/mol. The lowest BCUT2D eigenvalue weighted by Gasteiger charge is -2.36. The number of hydrogen-bond acceptors (Lipinski definition) is 4. The van der Waals surface area contributed by atoms with Crippen molar-refractivity contribution < 1.29 is 9.84 Å². The summed E-state index contributed by atoms with van der Waals surface area (Å²) < 4.78 is 5.73. The summed E-state index contributed by atoms with van der Waals surface area (Å²) in [6.07, 6.45) is 7.87. The molecule has 0 bridgehead atoms. The molecule has 3 N–H and O–H groups in total. The Balaban J connectivity index is 2.67. The quantitative estimate of drug-likeness (QED) is 0.413. The summed E-state index contributed by atoms with van der Waals surface area (Å²) in [4.78, 5) is 4.68. The molecule has 6 heteroatoms. The number of hydrogen-bond donors (Lipinski definition) is 3. The average molecular weight is 360 g/mol. The van der Waals surface area contributed by atoms with Crippen LogP contribution in [0.3, 0.4) is 0 Å². The summed E-state index contributed by atoms with van der Waals surface area (Å²) in [6.45, 7) is 10.1. The van der Waals surface area contributed by atoms with Gasteiger partial charge in [0.15, 0.2) is 5.96 Å². The van der Waals surface area contributed by atoms with Crippen molar-refractivity contribution in [2.45, 2.75) is 69.6 Å². The van der Waals surface area contributed by atoms with Crippen LogP contribution in [0.2, 0.25) is 0 Å². The first-order valence-electron chi connectivity index (χ1n) is 9.40. The highest BCUT2D eigenvalue weighted by Crippen LogP contribution is 2.32. The molecule has 1 aliphatic heterocycles. The molecule has 0 aromatic carbocycles. The molecule has 0 saturated carbocycles. The van der Waals surface area contributed by atoms with Gasteiger partial charge in [-0.25, -0.2) is 0 Å². The number of rotatable bonds is 10. The zero-order valence-electron chi connectivity index (χ0n) is 16.0. The van der Waals surface area contributed by atoms with Gasteiger partial charge in [0.2, 0.25) is 0 Å². The second-order valence-corrected chi connectivity index (χ2v) is 8.05. The Bertz CT molecular complexity index is 365. The smallest absolute Gasteiger partial charge is 0.191 e. The number of thioether (sulfide) groups is 1. The van der Waals surface area contributed by atoms with Crippen molar-refractivity contribution in [2.75, 3.05) is 39.1 Å². The maximum Gasteiger partial charge on any atom is 0.191 e. The Kier molecular flexibility index (Phi) is 10.1. The lowest BCUT2D eigenvalue weighted by atomic mass is 9.93. The molecule has 0 amide bonds. The third kappa shape index (κ3) is 7.19. The van der Waals surface area contributed by atoms with Crippen molar-refractivity contribution in [1.82, 2.24) is 10.6 Å². The van der Waals surface area contributed by atoms with Crippen LogP contribution in [0.5, 0.6) is 0 Å². The first-order chi connectivity index (χ1) is 11.5. The lowest BCUT2D eigenvalue weighted by Crippen LogP contribution is -2.48. The first-order valence-corrected chi connectivity index (χ1v) is 10.6. The molecular formula is C18H37N3O2S. The molecule has 1 heterocycles. The van der Waals surface area contributed by atoms with Gasteiger partial charge in [0.25, 0.3) is 0 Å². The molecule has 0 spiro atoms. The molecule has 24 heavy (non-hydrogen) atoms. The number of aliphatic hydroxyl groups is 1. The maximum absolute atomic E-state index is 10.8. The van der Waals surface area contributed by atoms with E-state index in [0.29, 0.717) is 6.54 Å². The molecule has 0 radical (unpaired) electrons. The van der Waals surface area contributed by atoms with Crippen LogP contribution in [0.1, 0.15) is 59.3 Å². The zero-order valence-corrected chi connectivity index (χ0v) is 16.8. The number of ether oxygens (including phenoxy) is 1. The Labute approximate surface area is 152 Å². The number of nitrogens with one attached hydrogen (secondary N) is 2. The Morgan fingerprint density at radius 1 is 1.17 bits per heavy atom. The summed E-state index contributed by atoms with van der Waals surface area (Å²) in [5, 5.41) is 17.6. The fourth-order valence-electron chi connectivity index (χ4n) is 3.22. The van der Waals surface area contributed by atoms with Gasteiger partial charge in [0, 0.05) is 31.1 Å². The van der Waals surface area contributed by atoms with Gasteiger partial charge < -0.3 is 20.5 Å². The molecule has 5 nitrogen and oxygen atoms in total. The van der Waals surface area contributed by atoms with Crippen LogP contribution < -0.4 is 10.6 Å². The van der Waals surface area contributed by atoms with Crippen LogP contribution in [0.4, 0.5) is 0 Å². The summed E-state index contributed by atoms with van der Waals surface area (Å²) >= 11 is 1.92. The zero-order chi connectivity index (χ0) is 17.9. The van der Waals surface area contributed by atoms with Gasteiger partial charge in [-0.1, -0.05) is 26.7 Å². The van der Waals surface area contributed by atoms with E-state index < -0.39 is 5.60 Å². The lowest BCUT2D eigenvalue weighted by molar-refractivity contribution is 0.0306. The third-order valence-electron chi connectivity index (χ3n) is 4.72. The monoisotopic (exact) mass is 359 g/mol. The second kappa shape index (κ2) is 11.2. The van der Waals surface area contributed by atoms with Crippen molar-refractivity contribution in [3.63, 3.8) is 0 Å². The predicted octanol–water partition coefficient (Wildman–Crippen LogP) is 2.79. The molecule has 1 fully saturated rings. The highest BCUT2D eigenvalue weighted by molar-refractivity contribution is 8.00. The molecule has 142 valence electrons. The first kappa shape index (κ1) is 21.6. The van der Waals surface area contributed by atoms with E-state index in [9.17, 15) is 5.11 Å². The number of nitrogens with zero attached hydrogens (tertiary/aromatic N) is 1. The fourth-order valence-corrected chi connectivity index (χ4v) is 4.01. The van der Waals surface area contributed by atoms with Crippen LogP contribution >= 0.6 is 11.8 Å². The maximum atomic E-state index is 10.8. The van der Waals surface area contributed by atoms with E-state index in [4.69, 9.17) is 4.74 Å². The van der Waals surface area contributed by atoms with E-state index in [2.05, 4.69) is 42.7 Å². The van der Waals surface area contributed by atoms with Gasteiger partial charge in [-0.2, -0.15) is 11.8 Å². The summed E-state index contributed by atoms with van der Waals surface area (Å²) in [5.41, 5.74) is -0.679. The molecule has 0 unspecified atom stereocenters. The normalized spacial score (nSPS) is 18.5. The van der Waals surface area contributed by atoms with E-state index in [0.717, 1.165) is 70.8 Å². The Morgan fingerprint density at radius 3 is 2.29 bits per heavy atom. The van der Waals surface area contributed by atoms with Gasteiger partial charge in [0.1, 0.15) is 0 Å². The highest BCUT2D eigenvalue weighted by atomic mass is 32.2. The van der Waals surface area contributed by atoms with Crippen molar-refractivity contribution in [2.24, 2.45) is 4.99 Å². The van der Waals surface area contributed by atoms with Crippen LogP contribution in [0.15, 0.2) is 4.99 Å². The molecule has 1 saturated heterocycles. The van der Waals surface area contributed by atoms with Gasteiger partial charge in [-0.05, 0) is 38.9 Å². The number of aliphatic imine (C=N–C) groups is 1. The average Bonchev–Trinajstić information content (AvgIpc) is 2.59. The molecule has 0 aromatic rings. The SMILES string of the molecule is CCCC(O)(CCC)CN=C(NCC)NCC1(SC)CCOCC1. The van der Waals surface area contributed by atoms with Gasteiger partial charge in [-0.15, -0.1) is 0 Å². The van der Waals surface area contributed by atoms with Gasteiger partial charge in [-0.3, -0.25) is 4.99 Å². The minimum absolute atomic E-state index is 0.220. The largest absolute Gasteiger partial charge is 0.388 e. The molecule has 0 aromatic heterocycles. The van der Waals surface area contributed by atoms with E-state index in [1.54, 1.807) is 0 Å². The molecule has 1 aliphatic rings. The minimum atomic E-state index is -0.679. The Morgan fingerprint density at radius 2 is 1.79 bits per heavy atom.